The fourth-order valence-electron chi connectivity index (χ4n) is 2.60. The minimum atomic E-state index is -0.435. The van der Waals surface area contributed by atoms with Crippen molar-refractivity contribution in [2.45, 2.75) is 26.2 Å². The van der Waals surface area contributed by atoms with E-state index in [-0.39, 0.29) is 11.7 Å². The van der Waals surface area contributed by atoms with Crippen molar-refractivity contribution < 1.29 is 9.90 Å². The Labute approximate surface area is 166 Å². The molecule has 1 unspecified atom stereocenters. The van der Waals surface area contributed by atoms with Gasteiger partial charge in [0.05, 0.1) is 17.2 Å². The maximum atomic E-state index is 12.4. The number of carbonyl (C=O) groups excluding carboxylic acids is 1. The molecule has 0 saturated carbocycles. The molecule has 0 bridgehead atoms. The third-order valence-corrected chi connectivity index (χ3v) is 5.26. The third-order valence-electron chi connectivity index (χ3n) is 4.39. The molecule has 0 aliphatic rings. The Morgan fingerprint density at radius 1 is 1.39 bits per heavy atom. The summed E-state index contributed by atoms with van der Waals surface area (Å²) in [5.41, 5.74) is 2.63. The van der Waals surface area contributed by atoms with Crippen LogP contribution in [-0.4, -0.2) is 32.5 Å². The molecule has 0 fully saturated rings. The molecule has 8 heteroatoms. The number of nitrogens with zero attached hydrogens (tertiary/aromatic N) is 4. The zero-order valence-electron chi connectivity index (χ0n) is 15.5. The van der Waals surface area contributed by atoms with Crippen LogP contribution in [0.25, 0.3) is 10.7 Å². The molecular formula is C20H19N5O2S. The van der Waals surface area contributed by atoms with Gasteiger partial charge in [-0.3, -0.25) is 9.78 Å². The Morgan fingerprint density at radius 2 is 2.21 bits per heavy atom. The lowest BCUT2D eigenvalue weighted by Crippen LogP contribution is -2.30. The first-order valence-electron chi connectivity index (χ1n) is 8.73. The fourth-order valence-corrected chi connectivity index (χ4v) is 3.51. The minimum Gasteiger partial charge on any atom is -0.505 e. The van der Waals surface area contributed by atoms with E-state index in [1.54, 1.807) is 25.4 Å². The van der Waals surface area contributed by atoms with Gasteiger partial charge < -0.3 is 10.4 Å². The fraction of sp³-hybridized carbons (Fsp3) is 0.250. The lowest BCUT2D eigenvalue weighted by molar-refractivity contribution is -0.122. The number of rotatable bonds is 6. The summed E-state index contributed by atoms with van der Waals surface area (Å²) in [5.74, 6) is -0.622. The molecule has 28 heavy (non-hydrogen) atoms. The van der Waals surface area contributed by atoms with Crippen molar-refractivity contribution in [2.75, 3.05) is 6.54 Å². The number of aromatic hydroxyl groups is 1. The Bertz CT molecular complexity index is 1030. The third kappa shape index (κ3) is 4.15. The summed E-state index contributed by atoms with van der Waals surface area (Å²) in [7, 11) is 0. The van der Waals surface area contributed by atoms with Gasteiger partial charge in [0.15, 0.2) is 0 Å². The highest BCUT2D eigenvalue weighted by atomic mass is 32.1. The number of nitriles is 1. The second-order valence-electron chi connectivity index (χ2n) is 6.27. The molecule has 3 aromatic heterocycles. The zero-order chi connectivity index (χ0) is 20.1. The number of hydrogen-bond acceptors (Lipinski definition) is 7. The highest BCUT2D eigenvalue weighted by Crippen LogP contribution is 2.34. The van der Waals surface area contributed by atoms with Crippen LogP contribution in [0, 0.1) is 18.3 Å². The molecule has 1 amide bonds. The number of hydrogen-bond donors (Lipinski definition) is 2. The maximum Gasteiger partial charge on any atom is 0.228 e. The van der Waals surface area contributed by atoms with Gasteiger partial charge in [0, 0.05) is 42.0 Å². The molecule has 3 aromatic rings. The van der Waals surface area contributed by atoms with Crippen LogP contribution in [0.3, 0.4) is 0 Å². The van der Waals surface area contributed by atoms with Crippen molar-refractivity contribution in [3.8, 4) is 22.5 Å². The molecule has 0 aliphatic heterocycles. The van der Waals surface area contributed by atoms with Gasteiger partial charge in [-0.1, -0.05) is 6.07 Å². The number of pyridine rings is 2. The molecule has 3 heterocycles. The zero-order valence-corrected chi connectivity index (χ0v) is 16.3. The van der Waals surface area contributed by atoms with E-state index in [0.29, 0.717) is 40.5 Å². The highest BCUT2D eigenvalue weighted by Gasteiger charge is 2.21. The van der Waals surface area contributed by atoms with E-state index < -0.39 is 5.92 Å². The summed E-state index contributed by atoms with van der Waals surface area (Å²) in [6.07, 6.45) is 3.80. The Morgan fingerprint density at radius 3 is 2.93 bits per heavy atom. The Balaban J connectivity index is 1.67. The standard InChI is InChI=1S/C20H19N5O2S/c1-12-14(9-21)10-24-17(18(12)26)20-25-16(11-28-20)13(2)19(27)23-8-6-15-5-3-4-7-22-15/h3-5,7,10-11,13,26H,6,8H2,1-2H3,(H,23,27). The van der Waals surface area contributed by atoms with E-state index in [1.165, 1.54) is 17.5 Å². The van der Waals surface area contributed by atoms with Crippen molar-refractivity contribution in [2.24, 2.45) is 0 Å². The van der Waals surface area contributed by atoms with Crippen LogP contribution >= 0.6 is 11.3 Å². The normalized spacial score (nSPS) is 11.6. The van der Waals surface area contributed by atoms with E-state index >= 15 is 0 Å². The summed E-state index contributed by atoms with van der Waals surface area (Å²) >= 11 is 1.30. The van der Waals surface area contributed by atoms with Crippen molar-refractivity contribution in [3.63, 3.8) is 0 Å². The van der Waals surface area contributed by atoms with E-state index in [0.717, 1.165) is 5.69 Å². The van der Waals surface area contributed by atoms with Gasteiger partial charge in [0.2, 0.25) is 5.91 Å². The van der Waals surface area contributed by atoms with E-state index in [2.05, 4.69) is 20.3 Å². The minimum absolute atomic E-state index is 0.0626. The Hall–Kier alpha value is -3.31. The van der Waals surface area contributed by atoms with Crippen LogP contribution < -0.4 is 5.32 Å². The average molecular weight is 393 g/mol. The SMILES string of the molecule is Cc1c(C#N)cnc(-c2nc(C(C)C(=O)NCCc3ccccn3)cs2)c1O. The summed E-state index contributed by atoms with van der Waals surface area (Å²) in [5, 5.41) is 24.5. The predicted molar refractivity (Wildman–Crippen MR) is 106 cm³/mol. The Kier molecular flexibility index (Phi) is 5.96. The molecule has 142 valence electrons. The first-order valence-corrected chi connectivity index (χ1v) is 9.61. The molecule has 3 rings (SSSR count). The van der Waals surface area contributed by atoms with E-state index in [9.17, 15) is 9.90 Å². The molecule has 0 aliphatic carbocycles. The molecule has 0 saturated heterocycles. The van der Waals surface area contributed by atoms with Gasteiger partial charge in [0.1, 0.15) is 22.5 Å². The first kappa shape index (κ1) is 19.5. The van der Waals surface area contributed by atoms with Gasteiger partial charge in [0.25, 0.3) is 0 Å². The van der Waals surface area contributed by atoms with Gasteiger partial charge in [-0.05, 0) is 26.0 Å². The van der Waals surface area contributed by atoms with Crippen LogP contribution in [-0.2, 0) is 11.2 Å². The lowest BCUT2D eigenvalue weighted by atomic mass is 10.1. The van der Waals surface area contributed by atoms with Gasteiger partial charge in [-0.25, -0.2) is 9.97 Å². The molecule has 7 nitrogen and oxygen atoms in total. The molecular weight excluding hydrogens is 374 g/mol. The van der Waals surface area contributed by atoms with Crippen LogP contribution in [0.5, 0.6) is 5.75 Å². The van der Waals surface area contributed by atoms with Crippen LogP contribution in [0.15, 0.2) is 36.0 Å². The summed E-state index contributed by atoms with van der Waals surface area (Å²) in [6.45, 7) is 3.94. The topological polar surface area (TPSA) is 112 Å². The molecule has 0 spiro atoms. The average Bonchev–Trinajstić information content (AvgIpc) is 3.20. The van der Waals surface area contributed by atoms with Crippen LogP contribution in [0.2, 0.25) is 0 Å². The largest absolute Gasteiger partial charge is 0.505 e. The molecule has 1 atom stereocenters. The number of carbonyl (C=O) groups is 1. The molecule has 0 aromatic carbocycles. The van der Waals surface area contributed by atoms with E-state index in [4.69, 9.17) is 5.26 Å². The summed E-state index contributed by atoms with van der Waals surface area (Å²) in [6, 6.07) is 7.67. The first-order chi connectivity index (χ1) is 13.5. The smallest absolute Gasteiger partial charge is 0.228 e. The lowest BCUT2D eigenvalue weighted by Gasteiger charge is -2.10. The van der Waals surface area contributed by atoms with Crippen LogP contribution in [0.4, 0.5) is 0 Å². The van der Waals surface area contributed by atoms with Crippen molar-refractivity contribution >= 4 is 17.2 Å². The van der Waals surface area contributed by atoms with Crippen LogP contribution in [0.1, 0.15) is 35.4 Å². The molecule has 2 N–H and O–H groups in total. The van der Waals surface area contributed by atoms with Crippen molar-refractivity contribution in [3.05, 3.63) is 58.5 Å². The second-order valence-corrected chi connectivity index (χ2v) is 7.13. The highest BCUT2D eigenvalue weighted by molar-refractivity contribution is 7.13. The van der Waals surface area contributed by atoms with Crippen molar-refractivity contribution in [1.29, 1.82) is 5.26 Å². The van der Waals surface area contributed by atoms with E-state index in [1.807, 2.05) is 24.3 Å². The number of thiazole rings is 1. The van der Waals surface area contributed by atoms with Gasteiger partial charge >= 0.3 is 0 Å². The second kappa shape index (κ2) is 8.59. The summed E-state index contributed by atoms with van der Waals surface area (Å²) in [4.78, 5) is 25.3. The predicted octanol–water partition coefficient (Wildman–Crippen LogP) is 2.95. The quantitative estimate of drug-likeness (QED) is 0.666. The van der Waals surface area contributed by atoms with Gasteiger partial charge in [-0.15, -0.1) is 11.3 Å². The monoisotopic (exact) mass is 393 g/mol. The van der Waals surface area contributed by atoms with Gasteiger partial charge in [-0.2, -0.15) is 5.26 Å². The number of amides is 1. The number of aromatic nitrogens is 3. The summed E-state index contributed by atoms with van der Waals surface area (Å²) < 4.78 is 0. The molecule has 0 radical (unpaired) electrons. The number of nitrogens with one attached hydrogen (secondary N) is 1. The van der Waals surface area contributed by atoms with Crippen molar-refractivity contribution in [1.82, 2.24) is 20.3 Å². The maximum absolute atomic E-state index is 12.4.